The Hall–Kier alpha value is -0.820. The second-order valence-corrected chi connectivity index (χ2v) is 4.23. The molecule has 0 aromatic heterocycles. The molecule has 0 radical (unpaired) electrons. The number of hydrogen-bond donors (Lipinski definition) is 1. The summed E-state index contributed by atoms with van der Waals surface area (Å²) in [5.41, 5.74) is 0. The third-order valence-corrected chi connectivity index (χ3v) is 2.93. The van der Waals surface area contributed by atoms with Crippen LogP contribution in [0.2, 0.25) is 0 Å². The first-order valence-electron chi connectivity index (χ1n) is 5.49. The Morgan fingerprint density at radius 1 is 1.53 bits per heavy atom. The summed E-state index contributed by atoms with van der Waals surface area (Å²) in [6, 6.07) is -0.708. The molecule has 2 atom stereocenters. The highest BCUT2D eigenvalue weighted by molar-refractivity contribution is 5.74. The van der Waals surface area contributed by atoms with E-state index in [0.29, 0.717) is 6.54 Å². The van der Waals surface area contributed by atoms with Crippen LogP contribution in [0.5, 0.6) is 0 Å². The van der Waals surface area contributed by atoms with Crippen molar-refractivity contribution in [1.29, 1.82) is 0 Å². The number of alkyl halides is 3. The number of aliphatic carboxylic acids is 1. The van der Waals surface area contributed by atoms with Crippen LogP contribution in [0.4, 0.5) is 13.2 Å². The fourth-order valence-corrected chi connectivity index (χ4v) is 2.20. The lowest BCUT2D eigenvalue weighted by Gasteiger charge is -2.37. The third-order valence-electron chi connectivity index (χ3n) is 2.93. The molecule has 100 valence electrons. The van der Waals surface area contributed by atoms with Gasteiger partial charge in [-0.3, -0.25) is 14.4 Å². The minimum Gasteiger partial charge on any atom is -0.480 e. The number of carbonyl (C=O) groups is 1. The largest absolute Gasteiger partial charge is 0.522 e. The molecule has 0 aliphatic carbocycles. The minimum absolute atomic E-state index is 0.0131. The first-order chi connectivity index (χ1) is 7.81. The van der Waals surface area contributed by atoms with Crippen LogP contribution in [-0.2, 0) is 9.53 Å². The minimum atomic E-state index is -4.65. The summed E-state index contributed by atoms with van der Waals surface area (Å²) >= 11 is 0. The van der Waals surface area contributed by atoms with Crippen molar-refractivity contribution in [1.82, 2.24) is 4.90 Å². The van der Waals surface area contributed by atoms with Gasteiger partial charge in [-0.25, -0.2) is 0 Å². The molecule has 1 aliphatic rings. The van der Waals surface area contributed by atoms with Crippen molar-refractivity contribution in [3.05, 3.63) is 0 Å². The third kappa shape index (κ3) is 4.51. The average Bonchev–Trinajstić information content (AvgIpc) is 2.14. The molecular formula is C10H16F3NO3. The lowest BCUT2D eigenvalue weighted by Crippen LogP contribution is -2.50. The summed E-state index contributed by atoms with van der Waals surface area (Å²) in [6.45, 7) is 1.76. The summed E-state index contributed by atoms with van der Waals surface area (Å²) in [5.74, 6) is -1.03. The van der Waals surface area contributed by atoms with E-state index in [1.165, 1.54) is 0 Å². The van der Waals surface area contributed by atoms with E-state index in [4.69, 9.17) is 5.11 Å². The van der Waals surface area contributed by atoms with Crippen molar-refractivity contribution in [2.75, 3.05) is 19.7 Å². The molecule has 1 fully saturated rings. The fraction of sp³-hybridized carbons (Fsp3) is 0.900. The first kappa shape index (κ1) is 14.2. The fourth-order valence-electron chi connectivity index (χ4n) is 2.20. The van der Waals surface area contributed by atoms with Crippen molar-refractivity contribution < 1.29 is 27.8 Å². The number of halogens is 3. The highest BCUT2D eigenvalue weighted by atomic mass is 19.4. The van der Waals surface area contributed by atoms with Gasteiger partial charge in [-0.1, -0.05) is 6.92 Å². The second kappa shape index (κ2) is 5.68. The van der Waals surface area contributed by atoms with Gasteiger partial charge in [-0.2, -0.15) is 0 Å². The molecule has 0 aromatic carbocycles. The van der Waals surface area contributed by atoms with Crippen molar-refractivity contribution >= 4 is 5.97 Å². The molecule has 0 saturated carbocycles. The predicted octanol–water partition coefficient (Wildman–Crippen LogP) is 1.71. The number of carboxylic acids is 1. The lowest BCUT2D eigenvalue weighted by molar-refractivity contribution is -0.325. The Kier molecular flexibility index (Phi) is 4.76. The van der Waals surface area contributed by atoms with Crippen molar-refractivity contribution in [3.63, 3.8) is 0 Å². The standard InChI is InChI=1S/C10H16F3NO3/c1-7-3-2-4-14(8(7)9(15)16)5-6-17-10(11,12)13/h7-8H,2-6H2,1H3,(H,15,16). The SMILES string of the molecule is CC1CCCN(CCOC(F)(F)F)C1C(=O)O. The Morgan fingerprint density at radius 2 is 2.18 bits per heavy atom. The Labute approximate surface area is 97.3 Å². The molecule has 2 unspecified atom stereocenters. The van der Waals surface area contributed by atoms with Crippen molar-refractivity contribution in [3.8, 4) is 0 Å². The van der Waals surface area contributed by atoms with Gasteiger partial charge in [0.1, 0.15) is 6.04 Å². The number of carboxylic acid groups (broad SMARTS) is 1. The van der Waals surface area contributed by atoms with E-state index in [0.717, 1.165) is 12.8 Å². The van der Waals surface area contributed by atoms with Crippen LogP contribution in [0.15, 0.2) is 0 Å². The predicted molar refractivity (Wildman–Crippen MR) is 53.4 cm³/mol. The molecule has 1 heterocycles. The normalized spacial score (nSPS) is 27.1. The second-order valence-electron chi connectivity index (χ2n) is 4.23. The number of likely N-dealkylation sites (tertiary alicyclic amines) is 1. The quantitative estimate of drug-likeness (QED) is 0.830. The van der Waals surface area contributed by atoms with E-state index in [2.05, 4.69) is 4.74 Å². The lowest BCUT2D eigenvalue weighted by atomic mass is 9.91. The van der Waals surface area contributed by atoms with Crippen LogP contribution >= 0.6 is 0 Å². The maximum Gasteiger partial charge on any atom is 0.522 e. The zero-order chi connectivity index (χ0) is 13.1. The molecule has 1 saturated heterocycles. The van der Waals surface area contributed by atoms with E-state index < -0.39 is 25.0 Å². The van der Waals surface area contributed by atoms with Crippen LogP contribution in [-0.4, -0.2) is 48.1 Å². The van der Waals surface area contributed by atoms with Gasteiger partial charge in [0, 0.05) is 6.54 Å². The van der Waals surface area contributed by atoms with Crippen LogP contribution in [0.3, 0.4) is 0 Å². The van der Waals surface area contributed by atoms with Gasteiger partial charge in [-0.05, 0) is 25.3 Å². The molecule has 7 heteroatoms. The van der Waals surface area contributed by atoms with Crippen molar-refractivity contribution in [2.24, 2.45) is 5.92 Å². The molecule has 4 nitrogen and oxygen atoms in total. The first-order valence-corrected chi connectivity index (χ1v) is 5.49. The van der Waals surface area contributed by atoms with E-state index in [9.17, 15) is 18.0 Å². The summed E-state index contributed by atoms with van der Waals surface area (Å²) < 4.78 is 39.0. The molecule has 1 rings (SSSR count). The number of rotatable bonds is 4. The summed E-state index contributed by atoms with van der Waals surface area (Å²) in [4.78, 5) is 12.6. The smallest absolute Gasteiger partial charge is 0.480 e. The molecule has 0 spiro atoms. The van der Waals surface area contributed by atoms with E-state index in [1.807, 2.05) is 0 Å². The number of nitrogens with zero attached hydrogens (tertiary/aromatic N) is 1. The van der Waals surface area contributed by atoms with Gasteiger partial charge < -0.3 is 5.11 Å². The highest BCUT2D eigenvalue weighted by Crippen LogP contribution is 2.23. The average molecular weight is 255 g/mol. The molecule has 17 heavy (non-hydrogen) atoms. The Morgan fingerprint density at radius 3 is 2.71 bits per heavy atom. The molecule has 0 bridgehead atoms. The van der Waals surface area contributed by atoms with Gasteiger partial charge in [0.25, 0.3) is 0 Å². The van der Waals surface area contributed by atoms with Gasteiger partial charge in [0.15, 0.2) is 0 Å². The van der Waals surface area contributed by atoms with Gasteiger partial charge in [-0.15, -0.1) is 13.2 Å². The maximum absolute atomic E-state index is 11.8. The molecule has 1 N–H and O–H groups in total. The summed E-state index contributed by atoms with van der Waals surface area (Å²) in [6.07, 6.45) is -3.06. The topological polar surface area (TPSA) is 49.8 Å². The number of hydrogen-bond acceptors (Lipinski definition) is 3. The molecule has 0 amide bonds. The monoisotopic (exact) mass is 255 g/mol. The summed E-state index contributed by atoms with van der Waals surface area (Å²) in [5, 5.41) is 9.03. The zero-order valence-electron chi connectivity index (χ0n) is 9.54. The zero-order valence-corrected chi connectivity index (χ0v) is 9.54. The van der Waals surface area contributed by atoms with Gasteiger partial charge >= 0.3 is 12.3 Å². The van der Waals surface area contributed by atoms with Gasteiger partial charge in [0.2, 0.25) is 0 Å². The van der Waals surface area contributed by atoms with E-state index in [1.54, 1.807) is 11.8 Å². The van der Waals surface area contributed by atoms with E-state index in [-0.39, 0.29) is 12.5 Å². The van der Waals surface area contributed by atoms with Gasteiger partial charge in [0.05, 0.1) is 6.61 Å². The van der Waals surface area contributed by atoms with Crippen LogP contribution < -0.4 is 0 Å². The van der Waals surface area contributed by atoms with Crippen LogP contribution in [0.1, 0.15) is 19.8 Å². The van der Waals surface area contributed by atoms with E-state index >= 15 is 0 Å². The Balaban J connectivity index is 2.47. The molecular weight excluding hydrogens is 239 g/mol. The van der Waals surface area contributed by atoms with Crippen LogP contribution in [0.25, 0.3) is 0 Å². The Bertz CT molecular complexity index is 270. The number of ether oxygens (including phenoxy) is 1. The highest BCUT2D eigenvalue weighted by Gasteiger charge is 2.35. The molecule has 0 aromatic rings. The maximum atomic E-state index is 11.8. The van der Waals surface area contributed by atoms with Crippen LogP contribution in [0, 0.1) is 5.92 Å². The van der Waals surface area contributed by atoms with Crippen molar-refractivity contribution in [2.45, 2.75) is 32.2 Å². The summed E-state index contributed by atoms with van der Waals surface area (Å²) in [7, 11) is 0. The number of piperidine rings is 1. The molecule has 1 aliphatic heterocycles.